The van der Waals surface area contributed by atoms with Crippen LogP contribution in [0.5, 0.6) is 0 Å². The van der Waals surface area contributed by atoms with Gasteiger partial charge in [-0.05, 0) is 47.3 Å². The first-order valence-electron chi connectivity index (χ1n) is 7.23. The second-order valence-corrected chi connectivity index (χ2v) is 6.73. The van der Waals surface area contributed by atoms with Gasteiger partial charge < -0.3 is 9.67 Å². The van der Waals surface area contributed by atoms with Crippen LogP contribution in [0.2, 0.25) is 0 Å². The van der Waals surface area contributed by atoms with Crippen molar-refractivity contribution in [2.24, 2.45) is 7.05 Å². The molecule has 2 bridgehead atoms. The summed E-state index contributed by atoms with van der Waals surface area (Å²) in [7, 11) is 2.03. The Morgan fingerprint density at radius 2 is 2.24 bits per heavy atom. The van der Waals surface area contributed by atoms with E-state index in [1.807, 2.05) is 13.1 Å². The van der Waals surface area contributed by atoms with E-state index < -0.39 is 6.09 Å². The molecule has 1 fully saturated rings. The molecule has 1 N–H and O–H groups in total. The number of carbonyl (C=O) groups is 1. The Morgan fingerprint density at radius 3 is 3.00 bits per heavy atom. The molecule has 2 atom stereocenters. The van der Waals surface area contributed by atoms with Gasteiger partial charge in [-0.15, -0.1) is 0 Å². The predicted octanol–water partition coefficient (Wildman–Crippen LogP) is 3.47. The molecule has 6 heteroatoms. The van der Waals surface area contributed by atoms with Gasteiger partial charge in [0.2, 0.25) is 0 Å². The number of halogens is 1. The van der Waals surface area contributed by atoms with Crippen molar-refractivity contribution >= 4 is 33.1 Å². The second-order valence-electron chi connectivity index (χ2n) is 5.92. The smallest absolute Gasteiger partial charge is 0.408 e. The largest absolute Gasteiger partial charge is 0.465 e. The van der Waals surface area contributed by atoms with Gasteiger partial charge in [0.25, 0.3) is 0 Å². The molecule has 4 heterocycles. The van der Waals surface area contributed by atoms with Crippen LogP contribution in [-0.2, 0) is 13.5 Å². The van der Waals surface area contributed by atoms with Crippen molar-refractivity contribution in [2.45, 2.75) is 37.8 Å². The zero-order chi connectivity index (χ0) is 14.7. The molecule has 4 rings (SSSR count). The van der Waals surface area contributed by atoms with Crippen LogP contribution in [0.15, 0.2) is 16.7 Å². The van der Waals surface area contributed by atoms with Gasteiger partial charge in [0, 0.05) is 36.2 Å². The number of aromatic nitrogens is 2. The Morgan fingerprint density at radius 1 is 1.43 bits per heavy atom. The molecule has 0 saturated carbocycles. The van der Waals surface area contributed by atoms with Crippen LogP contribution in [0.25, 0.3) is 11.0 Å². The highest BCUT2D eigenvalue weighted by atomic mass is 79.9. The van der Waals surface area contributed by atoms with Gasteiger partial charge >= 0.3 is 6.09 Å². The second kappa shape index (κ2) is 4.47. The lowest BCUT2D eigenvalue weighted by molar-refractivity contribution is 0.0622. The average Bonchev–Trinajstić information content (AvgIpc) is 2.71. The van der Waals surface area contributed by atoms with Crippen molar-refractivity contribution in [2.75, 3.05) is 0 Å². The molecule has 0 aliphatic carbocycles. The van der Waals surface area contributed by atoms with Crippen molar-refractivity contribution in [3.8, 4) is 0 Å². The van der Waals surface area contributed by atoms with E-state index in [1.165, 1.54) is 11.3 Å². The standard InChI is InChI=1S/C15H16BrN3O2/c1-18-11-7-8-3-2-4-10(19(8)15(20)21)13(11)9-5-6-12(16)17-14(9)18/h5-6,8,10H,2-4,7H2,1H3,(H,20,21). The molecule has 2 aromatic heterocycles. The number of piperidine rings is 1. The van der Waals surface area contributed by atoms with E-state index in [9.17, 15) is 9.90 Å². The maximum atomic E-state index is 11.7. The topological polar surface area (TPSA) is 58.4 Å². The molecule has 1 amide bonds. The number of pyridine rings is 1. The van der Waals surface area contributed by atoms with Gasteiger partial charge in [0.15, 0.2) is 0 Å². The molecule has 0 radical (unpaired) electrons. The van der Waals surface area contributed by atoms with E-state index in [1.54, 1.807) is 4.90 Å². The highest BCUT2D eigenvalue weighted by Crippen LogP contribution is 2.45. The molecule has 0 spiro atoms. The number of amides is 1. The minimum atomic E-state index is -0.794. The number of rotatable bonds is 0. The van der Waals surface area contributed by atoms with E-state index >= 15 is 0 Å². The SMILES string of the molecule is Cn1c2c(c3ccc(Br)nc31)C1CCCC(C2)N1C(=O)O. The lowest BCUT2D eigenvalue weighted by atomic mass is 9.82. The lowest BCUT2D eigenvalue weighted by Gasteiger charge is -2.44. The van der Waals surface area contributed by atoms with Gasteiger partial charge in [-0.3, -0.25) is 4.90 Å². The quantitative estimate of drug-likeness (QED) is 0.741. The zero-order valence-corrected chi connectivity index (χ0v) is 13.3. The monoisotopic (exact) mass is 349 g/mol. The summed E-state index contributed by atoms with van der Waals surface area (Å²) >= 11 is 3.42. The lowest BCUT2D eigenvalue weighted by Crippen LogP contribution is -2.49. The maximum absolute atomic E-state index is 11.7. The summed E-state index contributed by atoms with van der Waals surface area (Å²) in [6, 6.07) is 4.08. The normalized spacial score (nSPS) is 24.2. The third-order valence-electron chi connectivity index (χ3n) is 4.89. The molecule has 2 aromatic rings. The number of carboxylic acid groups (broad SMARTS) is 1. The van der Waals surface area contributed by atoms with E-state index in [0.717, 1.165) is 41.3 Å². The number of nitrogens with zero attached hydrogens (tertiary/aromatic N) is 3. The maximum Gasteiger partial charge on any atom is 0.408 e. The van der Waals surface area contributed by atoms with E-state index in [-0.39, 0.29) is 12.1 Å². The van der Waals surface area contributed by atoms with Crippen molar-refractivity contribution in [3.63, 3.8) is 0 Å². The van der Waals surface area contributed by atoms with Crippen LogP contribution in [0.4, 0.5) is 4.79 Å². The highest BCUT2D eigenvalue weighted by Gasteiger charge is 2.42. The molecular formula is C15H16BrN3O2. The van der Waals surface area contributed by atoms with E-state index in [2.05, 4.69) is 31.5 Å². The fourth-order valence-electron chi connectivity index (χ4n) is 4.05. The van der Waals surface area contributed by atoms with E-state index in [4.69, 9.17) is 0 Å². The van der Waals surface area contributed by atoms with Crippen LogP contribution >= 0.6 is 15.9 Å². The summed E-state index contributed by atoms with van der Waals surface area (Å²) < 4.78 is 2.95. The minimum absolute atomic E-state index is 0.0170. The number of fused-ring (bicyclic) bond motifs is 6. The summed E-state index contributed by atoms with van der Waals surface area (Å²) in [6.45, 7) is 0. The Kier molecular flexibility index (Phi) is 2.79. The molecule has 2 aliphatic rings. The van der Waals surface area contributed by atoms with Gasteiger partial charge in [-0.1, -0.05) is 0 Å². The van der Waals surface area contributed by atoms with Crippen LogP contribution in [0, 0.1) is 0 Å². The van der Waals surface area contributed by atoms with Gasteiger partial charge in [-0.2, -0.15) is 0 Å². The molecule has 21 heavy (non-hydrogen) atoms. The molecule has 5 nitrogen and oxygen atoms in total. The Hall–Kier alpha value is -1.56. The van der Waals surface area contributed by atoms with E-state index in [0.29, 0.717) is 0 Å². The summed E-state index contributed by atoms with van der Waals surface area (Å²) in [4.78, 5) is 17.9. The summed E-state index contributed by atoms with van der Waals surface area (Å²) in [5.74, 6) is 0. The molecule has 1 saturated heterocycles. The third kappa shape index (κ3) is 1.75. The van der Waals surface area contributed by atoms with Gasteiger partial charge in [0.05, 0.1) is 6.04 Å². The molecule has 2 aliphatic heterocycles. The van der Waals surface area contributed by atoms with Crippen molar-refractivity contribution in [3.05, 3.63) is 28.0 Å². The van der Waals surface area contributed by atoms with Crippen molar-refractivity contribution in [1.29, 1.82) is 0 Å². The zero-order valence-electron chi connectivity index (χ0n) is 11.7. The van der Waals surface area contributed by atoms with Crippen LogP contribution in [0.3, 0.4) is 0 Å². The van der Waals surface area contributed by atoms with Gasteiger partial charge in [-0.25, -0.2) is 9.78 Å². The molecule has 2 unspecified atom stereocenters. The van der Waals surface area contributed by atoms with Crippen LogP contribution < -0.4 is 0 Å². The number of aryl methyl sites for hydroxylation is 1. The Balaban J connectivity index is 2.00. The molecule has 0 aromatic carbocycles. The fraction of sp³-hybridized carbons (Fsp3) is 0.467. The fourth-order valence-corrected chi connectivity index (χ4v) is 4.35. The molecular weight excluding hydrogens is 334 g/mol. The summed E-state index contributed by atoms with van der Waals surface area (Å²) in [5, 5.41) is 10.7. The first-order valence-corrected chi connectivity index (χ1v) is 8.02. The number of hydrogen-bond acceptors (Lipinski definition) is 2. The minimum Gasteiger partial charge on any atom is -0.465 e. The van der Waals surface area contributed by atoms with Crippen LogP contribution in [-0.4, -0.2) is 31.7 Å². The third-order valence-corrected chi connectivity index (χ3v) is 5.33. The average molecular weight is 350 g/mol. The Bertz CT molecular complexity index is 755. The predicted molar refractivity (Wildman–Crippen MR) is 82.4 cm³/mol. The van der Waals surface area contributed by atoms with Crippen molar-refractivity contribution < 1.29 is 9.90 Å². The number of hydrogen-bond donors (Lipinski definition) is 1. The Labute approximate surface area is 130 Å². The van der Waals surface area contributed by atoms with Crippen molar-refractivity contribution in [1.82, 2.24) is 14.5 Å². The first kappa shape index (κ1) is 13.1. The summed E-state index contributed by atoms with van der Waals surface area (Å²) in [6.07, 6.45) is 2.96. The first-order chi connectivity index (χ1) is 10.1. The summed E-state index contributed by atoms with van der Waals surface area (Å²) in [5.41, 5.74) is 3.36. The van der Waals surface area contributed by atoms with Gasteiger partial charge in [0.1, 0.15) is 10.3 Å². The highest BCUT2D eigenvalue weighted by molar-refractivity contribution is 9.10. The van der Waals surface area contributed by atoms with Crippen LogP contribution in [0.1, 0.15) is 36.6 Å². The molecule has 110 valence electrons.